The summed E-state index contributed by atoms with van der Waals surface area (Å²) in [5.41, 5.74) is 10.8. The highest BCUT2D eigenvalue weighted by molar-refractivity contribution is 14.1. The van der Waals surface area contributed by atoms with Crippen molar-refractivity contribution in [3.8, 4) is 5.75 Å². The molecule has 0 atom stereocenters. The van der Waals surface area contributed by atoms with E-state index in [-0.39, 0.29) is 6.61 Å². The van der Waals surface area contributed by atoms with Crippen molar-refractivity contribution in [3.63, 3.8) is 0 Å². The maximum atomic E-state index is 11.4. The minimum absolute atomic E-state index is 0.257. The van der Waals surface area contributed by atoms with Gasteiger partial charge in [-0.05, 0) is 18.6 Å². The maximum absolute atomic E-state index is 11.4. The second-order valence-corrected chi connectivity index (χ2v) is 5.11. The molecule has 0 unspecified atom stereocenters. The molecule has 21 heavy (non-hydrogen) atoms. The van der Waals surface area contributed by atoms with Gasteiger partial charge >= 0.3 is 6.03 Å². The number of aryl methyl sites for hydroxylation is 1. The minimum Gasteiger partial charge on any atom is -0.488 e. The largest absolute Gasteiger partial charge is 0.488 e. The van der Waals surface area contributed by atoms with Gasteiger partial charge in [-0.3, -0.25) is 0 Å². The first kappa shape index (κ1) is 15.3. The van der Waals surface area contributed by atoms with Gasteiger partial charge in [0.1, 0.15) is 18.6 Å². The number of hydrogen-bond donors (Lipinski definition) is 3. The zero-order valence-electron chi connectivity index (χ0n) is 11.1. The van der Waals surface area contributed by atoms with Gasteiger partial charge in [0.2, 0.25) is 0 Å². The molecule has 2 rings (SSSR count). The van der Waals surface area contributed by atoms with Gasteiger partial charge in [0, 0.05) is 22.6 Å². The Balaban J connectivity index is 2.09. The molecule has 8 heteroatoms. The lowest BCUT2D eigenvalue weighted by atomic mass is 10.2. The van der Waals surface area contributed by atoms with E-state index in [0.717, 1.165) is 16.9 Å². The van der Waals surface area contributed by atoms with Crippen LogP contribution in [0.25, 0.3) is 0 Å². The Morgan fingerprint density at radius 3 is 2.95 bits per heavy atom. The van der Waals surface area contributed by atoms with E-state index in [1.807, 2.05) is 59.2 Å². The number of carbonyl (C=O) groups is 1. The van der Waals surface area contributed by atoms with Gasteiger partial charge in [-0.25, -0.2) is 10.2 Å². The number of benzene rings is 1. The van der Waals surface area contributed by atoms with Crippen LogP contribution in [-0.2, 0) is 6.61 Å². The van der Waals surface area contributed by atoms with Crippen LogP contribution in [0.1, 0.15) is 11.1 Å². The lowest BCUT2D eigenvalue weighted by Gasteiger charge is -2.09. The number of furan rings is 1. The lowest BCUT2D eigenvalue weighted by molar-refractivity contribution is 0.251. The quantitative estimate of drug-likeness (QED) is 0.404. The molecule has 110 valence electrons. The number of para-hydroxylation sites is 1. The summed E-state index contributed by atoms with van der Waals surface area (Å²) in [6.07, 6.45) is 1.42. The predicted octanol–water partition coefficient (Wildman–Crippen LogP) is 3.84. The summed E-state index contributed by atoms with van der Waals surface area (Å²) in [6.45, 7) is 2.21. The van der Waals surface area contributed by atoms with Crippen molar-refractivity contribution < 1.29 is 13.9 Å². The van der Waals surface area contributed by atoms with E-state index in [4.69, 9.17) is 14.7 Å². The molecule has 3 N–H and O–H groups in total. The molecule has 1 aromatic carbocycles. The monoisotopic (exact) mass is 400 g/mol. The van der Waals surface area contributed by atoms with E-state index >= 15 is 0 Å². The smallest absolute Gasteiger partial charge is 0.341 e. The van der Waals surface area contributed by atoms with E-state index in [1.165, 1.54) is 6.26 Å². The standard InChI is InChI=1S/C13H13IN4O3/c1-8-4-2-3-5-11(8)20-6-9-10(7-21-12(9)14)16-13(19)17-18-15/h2-5,7H,6H2,1H3,(H3,15,16,17,19). The Bertz CT molecular complexity index is 657. The Kier molecular flexibility index (Phi) is 5.14. The third kappa shape index (κ3) is 3.94. The lowest BCUT2D eigenvalue weighted by Crippen LogP contribution is -2.23. The summed E-state index contributed by atoms with van der Waals surface area (Å²) in [6, 6.07) is 7.05. The number of ether oxygens (including phenoxy) is 1. The molecule has 0 saturated heterocycles. The van der Waals surface area contributed by atoms with Crippen molar-refractivity contribution in [1.82, 2.24) is 5.43 Å². The third-order valence-corrected chi connectivity index (χ3v) is 3.62. The molecule has 0 bridgehead atoms. The minimum atomic E-state index is -0.612. The maximum Gasteiger partial charge on any atom is 0.341 e. The van der Waals surface area contributed by atoms with Crippen LogP contribution in [0, 0.1) is 16.2 Å². The number of nitrogens with one attached hydrogen (secondary N) is 3. The highest BCUT2D eigenvalue weighted by Crippen LogP contribution is 2.26. The Labute approximate surface area is 134 Å². The van der Waals surface area contributed by atoms with Crippen LogP contribution < -0.4 is 15.5 Å². The average Bonchev–Trinajstić information content (AvgIpc) is 2.79. The van der Waals surface area contributed by atoms with Gasteiger partial charge in [-0.2, -0.15) is 5.53 Å². The molecule has 0 fully saturated rings. The summed E-state index contributed by atoms with van der Waals surface area (Å²) in [5.74, 6) is 0.769. The fourth-order valence-corrected chi connectivity index (χ4v) is 2.24. The number of halogens is 1. The van der Waals surface area contributed by atoms with Crippen LogP contribution in [0.2, 0.25) is 0 Å². The molecule has 1 aromatic heterocycles. The number of carbonyl (C=O) groups excluding carboxylic acids is 1. The number of amides is 2. The van der Waals surface area contributed by atoms with E-state index in [2.05, 4.69) is 10.5 Å². The van der Waals surface area contributed by atoms with Gasteiger partial charge in [0.05, 0.1) is 11.3 Å². The molecule has 0 aliphatic heterocycles. The van der Waals surface area contributed by atoms with E-state index in [0.29, 0.717) is 9.45 Å². The predicted molar refractivity (Wildman–Crippen MR) is 84.2 cm³/mol. The summed E-state index contributed by atoms with van der Waals surface area (Å²) in [4.78, 5) is 11.4. The van der Waals surface area contributed by atoms with Crippen LogP contribution in [0.4, 0.5) is 10.5 Å². The first-order chi connectivity index (χ1) is 10.1. The van der Waals surface area contributed by atoms with Crippen molar-refractivity contribution in [2.45, 2.75) is 13.5 Å². The number of rotatable bonds is 5. The summed E-state index contributed by atoms with van der Waals surface area (Å²) in [5, 5.41) is 5.34. The number of urea groups is 1. The fourth-order valence-electron chi connectivity index (χ4n) is 1.67. The molecule has 0 radical (unpaired) electrons. The molecule has 2 amide bonds. The normalized spacial score (nSPS) is 10.0. The SMILES string of the molecule is Cc1ccccc1OCc1c(NC(=O)NN=N)coc1I. The van der Waals surface area contributed by atoms with Crippen LogP contribution in [0.5, 0.6) is 5.75 Å². The molecule has 0 saturated carbocycles. The van der Waals surface area contributed by atoms with Gasteiger partial charge in [-0.15, -0.1) is 0 Å². The van der Waals surface area contributed by atoms with Crippen LogP contribution in [0.15, 0.2) is 40.2 Å². The van der Waals surface area contributed by atoms with Gasteiger partial charge < -0.3 is 14.5 Å². The van der Waals surface area contributed by atoms with Crippen molar-refractivity contribution >= 4 is 34.3 Å². The fraction of sp³-hybridized carbons (Fsp3) is 0.154. The van der Waals surface area contributed by atoms with Gasteiger partial charge in [-0.1, -0.05) is 23.4 Å². The van der Waals surface area contributed by atoms with Crippen LogP contribution in [0.3, 0.4) is 0 Å². The van der Waals surface area contributed by atoms with Gasteiger partial charge in [0.25, 0.3) is 0 Å². The first-order valence-corrected chi connectivity index (χ1v) is 7.07. The van der Waals surface area contributed by atoms with E-state index < -0.39 is 6.03 Å². The molecule has 7 nitrogen and oxygen atoms in total. The zero-order valence-corrected chi connectivity index (χ0v) is 13.3. The summed E-state index contributed by atoms with van der Waals surface area (Å²) in [7, 11) is 0. The summed E-state index contributed by atoms with van der Waals surface area (Å²) >= 11 is 2.02. The topological polar surface area (TPSA) is 99.7 Å². The molecular weight excluding hydrogens is 387 g/mol. The number of anilines is 1. The van der Waals surface area contributed by atoms with Crippen LogP contribution in [-0.4, -0.2) is 6.03 Å². The highest BCUT2D eigenvalue weighted by Gasteiger charge is 2.15. The molecule has 0 spiro atoms. The molecule has 2 aromatic rings. The van der Waals surface area contributed by atoms with Crippen molar-refractivity contribution in [3.05, 3.63) is 45.4 Å². The number of nitrogens with zero attached hydrogens (tertiary/aromatic N) is 1. The second-order valence-electron chi connectivity index (χ2n) is 4.13. The Morgan fingerprint density at radius 2 is 2.24 bits per heavy atom. The number of hydrogen-bond acceptors (Lipinski definition) is 5. The van der Waals surface area contributed by atoms with Gasteiger partial charge in [0.15, 0.2) is 3.77 Å². The second kappa shape index (κ2) is 7.07. The summed E-state index contributed by atoms with van der Waals surface area (Å²) < 4.78 is 11.7. The zero-order chi connectivity index (χ0) is 15.2. The molecule has 0 aliphatic carbocycles. The average molecular weight is 400 g/mol. The van der Waals surface area contributed by atoms with Crippen molar-refractivity contribution in [2.75, 3.05) is 5.32 Å². The van der Waals surface area contributed by atoms with Crippen molar-refractivity contribution in [2.24, 2.45) is 5.22 Å². The van der Waals surface area contributed by atoms with Crippen LogP contribution >= 0.6 is 22.6 Å². The third-order valence-electron chi connectivity index (χ3n) is 2.71. The Morgan fingerprint density at radius 1 is 1.48 bits per heavy atom. The van der Waals surface area contributed by atoms with E-state index in [1.54, 1.807) is 0 Å². The Hall–Kier alpha value is -2.10. The first-order valence-electron chi connectivity index (χ1n) is 5.99. The molecule has 0 aliphatic rings. The highest BCUT2D eigenvalue weighted by atomic mass is 127. The molecule has 1 heterocycles. The van der Waals surface area contributed by atoms with Crippen molar-refractivity contribution in [1.29, 1.82) is 5.53 Å². The molecular formula is C13H13IN4O3. The van der Waals surface area contributed by atoms with E-state index in [9.17, 15) is 4.79 Å².